The van der Waals surface area contributed by atoms with Crippen LogP contribution in [-0.2, 0) is 16.1 Å². The second-order valence-corrected chi connectivity index (χ2v) is 9.93. The molecule has 2 aromatic carbocycles. The molecule has 1 aliphatic heterocycles. The highest BCUT2D eigenvalue weighted by Crippen LogP contribution is 2.34. The summed E-state index contributed by atoms with van der Waals surface area (Å²) in [5, 5.41) is 9.36. The molecule has 37 heavy (non-hydrogen) atoms. The van der Waals surface area contributed by atoms with E-state index >= 15 is 0 Å². The van der Waals surface area contributed by atoms with Gasteiger partial charge in [0.1, 0.15) is 0 Å². The monoisotopic (exact) mass is 511 g/mol. The van der Waals surface area contributed by atoms with E-state index in [0.717, 1.165) is 35.3 Å². The number of rotatable bonds is 7. The van der Waals surface area contributed by atoms with E-state index in [-0.39, 0.29) is 11.8 Å². The van der Waals surface area contributed by atoms with Crippen molar-refractivity contribution in [2.75, 3.05) is 23.7 Å². The Morgan fingerprint density at radius 1 is 1.05 bits per heavy atom. The summed E-state index contributed by atoms with van der Waals surface area (Å²) < 4.78 is 3.16. The number of hydrogen-bond acceptors (Lipinski definition) is 7. The van der Waals surface area contributed by atoms with E-state index in [9.17, 15) is 9.59 Å². The van der Waals surface area contributed by atoms with Crippen molar-refractivity contribution in [3.63, 3.8) is 0 Å². The molecule has 1 saturated heterocycles. The lowest BCUT2D eigenvalue weighted by molar-refractivity contribution is -0.127. The van der Waals surface area contributed by atoms with Crippen molar-refractivity contribution in [1.82, 2.24) is 24.4 Å². The Hall–Kier alpha value is -4.31. The van der Waals surface area contributed by atoms with Crippen molar-refractivity contribution in [3.05, 3.63) is 60.2 Å². The molecule has 186 valence electrons. The van der Waals surface area contributed by atoms with E-state index < -0.39 is 0 Å². The summed E-state index contributed by atoms with van der Waals surface area (Å²) in [7, 11) is 0. The van der Waals surface area contributed by atoms with Gasteiger partial charge in [-0.25, -0.2) is 15.0 Å². The average molecular weight is 512 g/mol. The van der Waals surface area contributed by atoms with E-state index in [0.29, 0.717) is 42.3 Å². The number of anilines is 3. The van der Waals surface area contributed by atoms with Crippen LogP contribution in [0.1, 0.15) is 19.8 Å². The van der Waals surface area contributed by atoms with Gasteiger partial charge in [-0.15, -0.1) is 11.3 Å². The Balaban J connectivity index is 1.39. The van der Waals surface area contributed by atoms with Gasteiger partial charge >= 0.3 is 0 Å². The molecule has 0 radical (unpaired) electrons. The summed E-state index contributed by atoms with van der Waals surface area (Å²) in [6.45, 7) is 3.51. The summed E-state index contributed by atoms with van der Waals surface area (Å²) >= 11 is 1.66. The zero-order chi connectivity index (χ0) is 25.4. The SMILES string of the molecule is CC(=O)Nc1ccc(Nc2nc(-c3csc4ccccc34)nc3c2ncn3CCN2CCCC2=O)cc1. The first kappa shape index (κ1) is 23.1. The number of imidazole rings is 1. The first-order valence-corrected chi connectivity index (χ1v) is 13.0. The third kappa shape index (κ3) is 4.63. The van der Waals surface area contributed by atoms with Crippen LogP contribution < -0.4 is 10.6 Å². The second kappa shape index (κ2) is 9.62. The lowest BCUT2D eigenvalue weighted by Gasteiger charge is -2.16. The number of thiophene rings is 1. The Morgan fingerprint density at radius 2 is 1.86 bits per heavy atom. The number of amides is 2. The van der Waals surface area contributed by atoms with Crippen molar-refractivity contribution in [3.8, 4) is 11.4 Å². The summed E-state index contributed by atoms with van der Waals surface area (Å²) in [6, 6.07) is 15.7. The van der Waals surface area contributed by atoms with Gasteiger partial charge in [0.05, 0.1) is 6.33 Å². The fourth-order valence-corrected chi connectivity index (χ4v) is 5.55. The molecule has 1 fully saturated rings. The number of nitrogens with one attached hydrogen (secondary N) is 2. The molecule has 3 aromatic heterocycles. The highest BCUT2D eigenvalue weighted by atomic mass is 32.1. The van der Waals surface area contributed by atoms with Gasteiger partial charge in [0.2, 0.25) is 11.8 Å². The van der Waals surface area contributed by atoms with Gasteiger partial charge in [-0.2, -0.15) is 0 Å². The molecule has 2 amide bonds. The third-order valence-electron chi connectivity index (χ3n) is 6.44. The van der Waals surface area contributed by atoms with Gasteiger partial charge in [0, 0.05) is 65.4 Å². The topological polar surface area (TPSA) is 105 Å². The van der Waals surface area contributed by atoms with Crippen LogP contribution in [0.4, 0.5) is 17.2 Å². The van der Waals surface area contributed by atoms with Crippen LogP contribution in [-0.4, -0.2) is 49.3 Å². The zero-order valence-corrected chi connectivity index (χ0v) is 21.1. The lowest BCUT2D eigenvalue weighted by atomic mass is 10.1. The fourth-order valence-electron chi connectivity index (χ4n) is 4.61. The standard InChI is InChI=1S/C27H25N7O2S/c1-17(35)29-18-8-10-19(11-9-18)30-26-24-27(34(16-28-24)14-13-33-12-4-7-23(33)36)32-25(31-26)21-15-37-22-6-3-2-5-20(21)22/h2-3,5-6,8-11,15-16H,4,7,12-14H2,1H3,(H,29,35)(H,30,31,32). The van der Waals surface area contributed by atoms with Gasteiger partial charge in [0.25, 0.3) is 0 Å². The van der Waals surface area contributed by atoms with Gasteiger partial charge in [-0.05, 0) is 36.8 Å². The minimum absolute atomic E-state index is 0.119. The van der Waals surface area contributed by atoms with Crippen molar-refractivity contribution in [2.24, 2.45) is 0 Å². The predicted molar refractivity (Wildman–Crippen MR) is 146 cm³/mol. The molecule has 0 aliphatic carbocycles. The molecule has 1 aliphatic rings. The maximum absolute atomic E-state index is 12.1. The minimum Gasteiger partial charge on any atom is -0.341 e. The Morgan fingerprint density at radius 3 is 2.65 bits per heavy atom. The maximum atomic E-state index is 12.1. The summed E-state index contributed by atoms with van der Waals surface area (Å²) in [5.41, 5.74) is 3.87. The van der Waals surface area contributed by atoms with E-state index in [4.69, 9.17) is 9.97 Å². The smallest absolute Gasteiger partial charge is 0.222 e. The summed E-state index contributed by atoms with van der Waals surface area (Å²) in [5.74, 6) is 1.29. The van der Waals surface area contributed by atoms with Crippen LogP contribution >= 0.6 is 11.3 Å². The Kier molecular flexibility index (Phi) is 6.01. The number of likely N-dealkylation sites (tertiary alicyclic amines) is 1. The van der Waals surface area contributed by atoms with Gasteiger partial charge in [-0.1, -0.05) is 18.2 Å². The first-order valence-electron chi connectivity index (χ1n) is 12.2. The molecular weight excluding hydrogens is 486 g/mol. The fraction of sp³-hybridized carbons (Fsp3) is 0.222. The van der Waals surface area contributed by atoms with Crippen molar-refractivity contribution < 1.29 is 9.59 Å². The zero-order valence-electron chi connectivity index (χ0n) is 20.3. The maximum Gasteiger partial charge on any atom is 0.222 e. The number of carbonyl (C=O) groups excluding carboxylic acids is 2. The number of nitrogens with zero attached hydrogens (tertiary/aromatic N) is 5. The molecule has 2 N–H and O–H groups in total. The predicted octanol–water partition coefficient (Wildman–Crippen LogP) is 5.03. The van der Waals surface area contributed by atoms with E-state index in [2.05, 4.69) is 33.1 Å². The van der Waals surface area contributed by atoms with Crippen LogP contribution in [0, 0.1) is 0 Å². The number of hydrogen-bond donors (Lipinski definition) is 2. The number of benzene rings is 2. The van der Waals surface area contributed by atoms with Crippen LogP contribution in [0.2, 0.25) is 0 Å². The van der Waals surface area contributed by atoms with Crippen LogP contribution in [0.3, 0.4) is 0 Å². The van der Waals surface area contributed by atoms with E-state index in [1.165, 1.54) is 11.6 Å². The summed E-state index contributed by atoms with van der Waals surface area (Å²) in [4.78, 5) is 39.9. The molecule has 0 spiro atoms. The van der Waals surface area contributed by atoms with Crippen molar-refractivity contribution in [2.45, 2.75) is 26.3 Å². The molecule has 4 heterocycles. The van der Waals surface area contributed by atoms with Gasteiger partial charge in [-0.3, -0.25) is 9.59 Å². The van der Waals surface area contributed by atoms with E-state index in [1.54, 1.807) is 17.7 Å². The lowest BCUT2D eigenvalue weighted by Crippen LogP contribution is -2.28. The quantitative estimate of drug-likeness (QED) is 0.317. The summed E-state index contributed by atoms with van der Waals surface area (Å²) in [6.07, 6.45) is 3.30. The highest BCUT2D eigenvalue weighted by Gasteiger charge is 2.21. The highest BCUT2D eigenvalue weighted by molar-refractivity contribution is 7.17. The third-order valence-corrected chi connectivity index (χ3v) is 7.40. The molecule has 9 nitrogen and oxygen atoms in total. The second-order valence-electron chi connectivity index (χ2n) is 9.02. The molecule has 0 saturated carbocycles. The van der Waals surface area contributed by atoms with Crippen molar-refractivity contribution >= 4 is 61.6 Å². The van der Waals surface area contributed by atoms with Crippen LogP contribution in [0.5, 0.6) is 0 Å². The van der Waals surface area contributed by atoms with Crippen LogP contribution in [0.15, 0.2) is 60.2 Å². The molecule has 6 rings (SSSR count). The molecule has 0 unspecified atom stereocenters. The normalized spacial score (nSPS) is 13.5. The van der Waals surface area contributed by atoms with Crippen LogP contribution in [0.25, 0.3) is 32.6 Å². The number of aromatic nitrogens is 4. The minimum atomic E-state index is -0.119. The molecule has 5 aromatic rings. The Bertz CT molecular complexity index is 1620. The first-order chi connectivity index (χ1) is 18.0. The number of fused-ring (bicyclic) bond motifs is 2. The molecular formula is C27H25N7O2S. The largest absolute Gasteiger partial charge is 0.341 e. The molecule has 0 bridgehead atoms. The van der Waals surface area contributed by atoms with Gasteiger partial charge in [0.15, 0.2) is 22.8 Å². The Labute approximate surface area is 217 Å². The van der Waals surface area contributed by atoms with Gasteiger partial charge < -0.3 is 20.1 Å². The van der Waals surface area contributed by atoms with E-state index in [1.807, 2.05) is 45.9 Å². The molecule has 0 atom stereocenters. The molecule has 10 heteroatoms. The van der Waals surface area contributed by atoms with Crippen molar-refractivity contribution in [1.29, 1.82) is 0 Å². The average Bonchev–Trinajstić information content (AvgIpc) is 3.62. The number of carbonyl (C=O) groups is 2.